The number of likely N-dealkylation sites (tertiary alicyclic amines) is 1. The van der Waals surface area contributed by atoms with Crippen molar-refractivity contribution in [3.63, 3.8) is 0 Å². The molecule has 0 unspecified atom stereocenters. The normalized spacial score (nSPS) is 27.8. The number of carbonyl (C=O) groups excluding carboxylic acids is 1. The van der Waals surface area contributed by atoms with Gasteiger partial charge < -0.3 is 19.2 Å². The van der Waals surface area contributed by atoms with Crippen molar-refractivity contribution in [1.29, 1.82) is 0 Å². The van der Waals surface area contributed by atoms with E-state index in [1.165, 1.54) is 5.56 Å². The van der Waals surface area contributed by atoms with Gasteiger partial charge in [-0.3, -0.25) is 9.69 Å². The molecular formula is C27H34N2O4. The Bertz CT molecular complexity index is 986. The zero-order valence-electron chi connectivity index (χ0n) is 19.6. The topological polar surface area (TPSA) is 63.9 Å². The van der Waals surface area contributed by atoms with E-state index in [1.807, 2.05) is 25.3 Å². The average Bonchev–Trinajstić information content (AvgIpc) is 3.37. The molecule has 1 aliphatic heterocycles. The maximum atomic E-state index is 12.7. The number of fused-ring (bicyclic) bond motifs is 1. The summed E-state index contributed by atoms with van der Waals surface area (Å²) in [7, 11) is 3.53. The van der Waals surface area contributed by atoms with Crippen molar-refractivity contribution < 1.29 is 18.7 Å². The number of piperidine rings is 1. The molecule has 176 valence electrons. The van der Waals surface area contributed by atoms with Gasteiger partial charge in [-0.05, 0) is 62.1 Å². The standard InChI is InChI=1S/C27H34N2O4/c1-4-14-29-15-13-26(22-6-5-7-24(17-22)31-2)18-23(10-12-27(26,20-29)32-3)28-25(30)9-8-21-11-16-33-19-21/h4-9,11,16-17,19,23H,1,10,12-15,18,20H2,2-3H3,(H,28,30)/t23-,26+,27+/m1/s1. The van der Waals surface area contributed by atoms with Crippen LogP contribution in [0.4, 0.5) is 0 Å². The van der Waals surface area contributed by atoms with Crippen LogP contribution in [0, 0.1) is 0 Å². The van der Waals surface area contributed by atoms with Crippen LogP contribution in [-0.2, 0) is 14.9 Å². The quantitative estimate of drug-likeness (QED) is 0.483. The summed E-state index contributed by atoms with van der Waals surface area (Å²) in [6.07, 6.45) is 12.0. The molecule has 1 aromatic heterocycles. The summed E-state index contributed by atoms with van der Waals surface area (Å²) in [5.41, 5.74) is 1.52. The summed E-state index contributed by atoms with van der Waals surface area (Å²) < 4.78 is 17.0. The fourth-order valence-corrected chi connectivity index (χ4v) is 5.77. The molecule has 0 bridgehead atoms. The zero-order chi connectivity index (χ0) is 23.3. The van der Waals surface area contributed by atoms with E-state index in [0.29, 0.717) is 0 Å². The van der Waals surface area contributed by atoms with Crippen LogP contribution in [0.15, 0.2) is 66.0 Å². The van der Waals surface area contributed by atoms with Crippen LogP contribution in [-0.4, -0.2) is 56.3 Å². The summed E-state index contributed by atoms with van der Waals surface area (Å²) in [5, 5.41) is 3.24. The van der Waals surface area contributed by atoms with Crippen LogP contribution in [0.3, 0.4) is 0 Å². The van der Waals surface area contributed by atoms with Crippen LogP contribution in [0.5, 0.6) is 5.75 Å². The second kappa shape index (κ2) is 9.98. The largest absolute Gasteiger partial charge is 0.497 e. The summed E-state index contributed by atoms with van der Waals surface area (Å²) >= 11 is 0. The monoisotopic (exact) mass is 450 g/mol. The van der Waals surface area contributed by atoms with Crippen molar-refractivity contribution in [3.05, 3.63) is 72.7 Å². The van der Waals surface area contributed by atoms with E-state index < -0.39 is 0 Å². The lowest BCUT2D eigenvalue weighted by atomic mass is 9.55. The first-order valence-electron chi connectivity index (χ1n) is 11.6. The Morgan fingerprint density at radius 2 is 2.21 bits per heavy atom. The van der Waals surface area contributed by atoms with Crippen molar-refractivity contribution in [1.82, 2.24) is 10.2 Å². The molecule has 33 heavy (non-hydrogen) atoms. The summed E-state index contributed by atoms with van der Waals surface area (Å²) in [4.78, 5) is 15.1. The number of nitrogens with zero attached hydrogens (tertiary/aromatic N) is 1. The Labute approximate surface area is 196 Å². The lowest BCUT2D eigenvalue weighted by Crippen LogP contribution is -2.67. The van der Waals surface area contributed by atoms with Gasteiger partial charge in [0.05, 0.1) is 25.2 Å². The molecule has 0 radical (unpaired) electrons. The molecule has 6 nitrogen and oxygen atoms in total. The minimum atomic E-state index is -0.339. The predicted octanol–water partition coefficient (Wildman–Crippen LogP) is 4.19. The van der Waals surface area contributed by atoms with Crippen LogP contribution in [0.2, 0.25) is 0 Å². The molecular weight excluding hydrogens is 416 g/mol. The number of amides is 1. The smallest absolute Gasteiger partial charge is 0.244 e. The molecule has 4 rings (SSSR count). The highest BCUT2D eigenvalue weighted by Gasteiger charge is 2.58. The Balaban J connectivity index is 1.62. The van der Waals surface area contributed by atoms with Crippen molar-refractivity contribution >= 4 is 12.0 Å². The molecule has 1 saturated heterocycles. The van der Waals surface area contributed by atoms with E-state index in [-0.39, 0.29) is 23.0 Å². The van der Waals surface area contributed by atoms with Gasteiger partial charge in [0, 0.05) is 43.3 Å². The molecule has 2 heterocycles. The minimum absolute atomic E-state index is 0.0620. The Kier molecular flexibility index (Phi) is 7.05. The number of benzene rings is 1. The van der Waals surface area contributed by atoms with E-state index in [2.05, 4.69) is 35.0 Å². The van der Waals surface area contributed by atoms with Gasteiger partial charge in [-0.1, -0.05) is 18.2 Å². The predicted molar refractivity (Wildman–Crippen MR) is 129 cm³/mol. The van der Waals surface area contributed by atoms with Crippen LogP contribution in [0.25, 0.3) is 6.08 Å². The number of nitrogens with one attached hydrogen (secondary N) is 1. The van der Waals surface area contributed by atoms with Gasteiger partial charge in [-0.2, -0.15) is 0 Å². The number of methoxy groups -OCH3 is 2. The van der Waals surface area contributed by atoms with Gasteiger partial charge in [0.25, 0.3) is 0 Å². The molecule has 3 atom stereocenters. The number of carbonyl (C=O) groups is 1. The van der Waals surface area contributed by atoms with E-state index in [0.717, 1.165) is 56.6 Å². The molecule has 0 spiro atoms. The molecule has 1 N–H and O–H groups in total. The Hall–Kier alpha value is -2.83. The minimum Gasteiger partial charge on any atom is -0.497 e. The molecule has 1 aliphatic carbocycles. The van der Waals surface area contributed by atoms with Gasteiger partial charge in [-0.25, -0.2) is 0 Å². The van der Waals surface area contributed by atoms with Crippen molar-refractivity contribution in [2.24, 2.45) is 0 Å². The van der Waals surface area contributed by atoms with E-state index in [1.54, 1.807) is 31.8 Å². The second-order valence-corrected chi connectivity index (χ2v) is 9.12. The highest BCUT2D eigenvalue weighted by molar-refractivity contribution is 5.91. The molecule has 1 saturated carbocycles. The number of furan rings is 1. The number of hydrogen-bond acceptors (Lipinski definition) is 5. The Morgan fingerprint density at radius 1 is 1.33 bits per heavy atom. The molecule has 2 aromatic rings. The van der Waals surface area contributed by atoms with E-state index in [9.17, 15) is 4.79 Å². The lowest BCUT2D eigenvalue weighted by Gasteiger charge is -2.59. The summed E-state index contributed by atoms with van der Waals surface area (Å²) in [6, 6.07) is 10.2. The van der Waals surface area contributed by atoms with Gasteiger partial charge in [0.1, 0.15) is 5.75 Å². The van der Waals surface area contributed by atoms with Crippen molar-refractivity contribution in [2.75, 3.05) is 33.9 Å². The third-order valence-electron chi connectivity index (χ3n) is 7.41. The van der Waals surface area contributed by atoms with Gasteiger partial charge >= 0.3 is 0 Å². The van der Waals surface area contributed by atoms with Crippen molar-refractivity contribution in [3.8, 4) is 5.75 Å². The maximum Gasteiger partial charge on any atom is 0.244 e. The summed E-state index contributed by atoms with van der Waals surface area (Å²) in [5.74, 6) is 0.755. The first-order chi connectivity index (χ1) is 16.0. The maximum absolute atomic E-state index is 12.7. The third kappa shape index (κ3) is 4.63. The van der Waals surface area contributed by atoms with Crippen molar-refractivity contribution in [2.45, 2.75) is 42.7 Å². The van der Waals surface area contributed by atoms with Gasteiger partial charge in [-0.15, -0.1) is 6.58 Å². The first-order valence-corrected chi connectivity index (χ1v) is 11.6. The number of ether oxygens (including phenoxy) is 2. The zero-order valence-corrected chi connectivity index (χ0v) is 19.6. The second-order valence-electron chi connectivity index (χ2n) is 9.12. The van der Waals surface area contributed by atoms with Crippen LogP contribution < -0.4 is 10.1 Å². The van der Waals surface area contributed by atoms with Gasteiger partial charge in [0.15, 0.2) is 0 Å². The number of hydrogen-bond donors (Lipinski definition) is 1. The highest BCUT2D eigenvalue weighted by Crippen LogP contribution is 2.53. The fourth-order valence-electron chi connectivity index (χ4n) is 5.77. The molecule has 1 aromatic carbocycles. The molecule has 2 fully saturated rings. The van der Waals surface area contributed by atoms with E-state index in [4.69, 9.17) is 13.9 Å². The highest BCUT2D eigenvalue weighted by atomic mass is 16.5. The molecule has 6 heteroatoms. The first kappa shape index (κ1) is 23.3. The summed E-state index contributed by atoms with van der Waals surface area (Å²) in [6.45, 7) is 6.57. The van der Waals surface area contributed by atoms with Gasteiger partial charge in [0.2, 0.25) is 5.91 Å². The fraction of sp³-hybridized carbons (Fsp3) is 0.444. The molecule has 2 aliphatic rings. The van der Waals surface area contributed by atoms with E-state index >= 15 is 0 Å². The third-order valence-corrected chi connectivity index (χ3v) is 7.41. The average molecular weight is 451 g/mol. The van der Waals surface area contributed by atoms with Crippen LogP contribution >= 0.6 is 0 Å². The number of rotatable bonds is 8. The lowest BCUT2D eigenvalue weighted by molar-refractivity contribution is -0.148. The molecule has 1 amide bonds. The Morgan fingerprint density at radius 3 is 2.94 bits per heavy atom. The SMILES string of the molecule is C=CCN1CC[C@@]2(c3cccc(OC)c3)C[C@H](NC(=O)C=Cc3ccoc3)CC[C@]2(OC)C1. The van der Waals surface area contributed by atoms with Crippen LogP contribution in [0.1, 0.15) is 36.8 Å².